The zero-order chi connectivity index (χ0) is 22.5. The minimum Gasteiger partial charge on any atom is -0.483 e. The molecular formula is C26H23N3O3. The zero-order valence-electron chi connectivity index (χ0n) is 17.9. The molecule has 160 valence electrons. The predicted octanol–water partition coefficient (Wildman–Crippen LogP) is 4.82. The number of aryl methyl sites for hydroxylation is 1. The predicted molar refractivity (Wildman–Crippen MR) is 127 cm³/mol. The van der Waals surface area contributed by atoms with E-state index in [1.807, 2.05) is 79.7 Å². The summed E-state index contributed by atoms with van der Waals surface area (Å²) in [5.41, 5.74) is 4.33. The fourth-order valence-electron chi connectivity index (χ4n) is 3.29. The summed E-state index contributed by atoms with van der Waals surface area (Å²) in [5, 5.41) is 8.60. The molecule has 3 aromatic carbocycles. The summed E-state index contributed by atoms with van der Waals surface area (Å²) in [4.78, 5) is 25.3. The van der Waals surface area contributed by atoms with Gasteiger partial charge in [0.05, 0.1) is 17.0 Å². The Kier molecular flexibility index (Phi) is 6.12. The molecule has 4 rings (SSSR count). The van der Waals surface area contributed by atoms with E-state index >= 15 is 0 Å². The maximum Gasteiger partial charge on any atom is 0.280 e. The number of hydrogen-bond acceptors (Lipinski definition) is 4. The molecule has 6 nitrogen and oxygen atoms in total. The lowest BCUT2D eigenvalue weighted by atomic mass is 10.1. The topological polar surface area (TPSA) is 71.0 Å². The second-order valence-corrected chi connectivity index (χ2v) is 7.44. The lowest BCUT2D eigenvalue weighted by Crippen LogP contribution is -2.21. The Bertz CT molecular complexity index is 1200. The van der Waals surface area contributed by atoms with Gasteiger partial charge in [0.15, 0.2) is 6.61 Å². The van der Waals surface area contributed by atoms with Crippen molar-refractivity contribution in [2.75, 3.05) is 16.9 Å². The van der Waals surface area contributed by atoms with Gasteiger partial charge in [-0.15, -0.1) is 0 Å². The van der Waals surface area contributed by atoms with Gasteiger partial charge in [-0.1, -0.05) is 54.1 Å². The van der Waals surface area contributed by atoms with Crippen LogP contribution in [-0.2, 0) is 9.59 Å². The number of carbonyl (C=O) groups is 2. The van der Waals surface area contributed by atoms with Gasteiger partial charge >= 0.3 is 0 Å². The normalized spacial score (nSPS) is 14.4. The number of carbonyl (C=O) groups excluding carboxylic acids is 2. The molecule has 0 saturated heterocycles. The Hall–Kier alpha value is -4.19. The average molecular weight is 425 g/mol. The molecule has 3 aromatic rings. The summed E-state index contributed by atoms with van der Waals surface area (Å²) >= 11 is 0. The number of nitrogens with zero attached hydrogens (tertiary/aromatic N) is 2. The quantitative estimate of drug-likeness (QED) is 0.576. The van der Waals surface area contributed by atoms with Crippen molar-refractivity contribution in [1.82, 2.24) is 0 Å². The number of hydrogen-bond donors (Lipinski definition) is 1. The molecular weight excluding hydrogens is 402 g/mol. The van der Waals surface area contributed by atoms with Gasteiger partial charge < -0.3 is 10.1 Å². The molecule has 32 heavy (non-hydrogen) atoms. The van der Waals surface area contributed by atoms with Gasteiger partial charge in [-0.05, 0) is 50.3 Å². The number of anilines is 2. The molecule has 0 unspecified atom stereocenters. The Balaban J connectivity index is 1.48. The third kappa shape index (κ3) is 4.75. The first kappa shape index (κ1) is 21.1. The van der Waals surface area contributed by atoms with Crippen LogP contribution in [0.5, 0.6) is 5.75 Å². The minimum atomic E-state index is -0.263. The lowest BCUT2D eigenvalue weighted by molar-refractivity contribution is -0.118. The highest BCUT2D eigenvalue weighted by Crippen LogP contribution is 2.27. The van der Waals surface area contributed by atoms with E-state index in [0.717, 1.165) is 5.56 Å². The SMILES string of the molecule is CC1=NN(c2ccccc2)C(=O)/C1=C\c1ccccc1OCC(=O)Nc1ccc(C)cc1. The van der Waals surface area contributed by atoms with Crippen LogP contribution in [0.4, 0.5) is 11.4 Å². The monoisotopic (exact) mass is 425 g/mol. The Labute approximate surface area is 186 Å². The summed E-state index contributed by atoms with van der Waals surface area (Å²) in [7, 11) is 0. The first-order chi connectivity index (χ1) is 15.5. The molecule has 0 saturated carbocycles. The van der Waals surface area contributed by atoms with Crippen molar-refractivity contribution in [3.8, 4) is 5.75 Å². The molecule has 0 fully saturated rings. The Morgan fingerprint density at radius 1 is 0.969 bits per heavy atom. The van der Waals surface area contributed by atoms with Crippen LogP contribution in [0.2, 0.25) is 0 Å². The highest BCUT2D eigenvalue weighted by Gasteiger charge is 2.28. The van der Waals surface area contributed by atoms with Crippen LogP contribution in [0.25, 0.3) is 6.08 Å². The number of benzene rings is 3. The summed E-state index contributed by atoms with van der Waals surface area (Å²) < 4.78 is 5.77. The summed E-state index contributed by atoms with van der Waals surface area (Å²) in [6, 6.07) is 24.1. The Morgan fingerprint density at radius 2 is 1.66 bits per heavy atom. The molecule has 2 amide bonds. The van der Waals surface area contributed by atoms with Crippen molar-refractivity contribution >= 4 is 35.0 Å². The summed E-state index contributed by atoms with van der Waals surface area (Å²) in [6.07, 6.45) is 1.75. The molecule has 1 aliphatic heterocycles. The molecule has 0 bridgehead atoms. The van der Waals surface area contributed by atoms with E-state index in [4.69, 9.17) is 4.74 Å². The summed E-state index contributed by atoms with van der Waals surface area (Å²) in [6.45, 7) is 3.64. The number of hydrazone groups is 1. The molecule has 0 atom stereocenters. The third-order valence-electron chi connectivity index (χ3n) is 4.98. The molecule has 1 aliphatic rings. The molecule has 0 spiro atoms. The standard InChI is InChI=1S/C26H23N3O3/c1-18-12-14-21(15-13-18)27-25(30)17-32-24-11-7-6-8-20(24)16-23-19(2)28-29(26(23)31)22-9-4-3-5-10-22/h3-16H,17H2,1-2H3,(H,27,30)/b23-16-. The third-order valence-corrected chi connectivity index (χ3v) is 4.98. The number of ether oxygens (including phenoxy) is 1. The smallest absolute Gasteiger partial charge is 0.280 e. The van der Waals surface area contributed by atoms with Crippen molar-refractivity contribution in [1.29, 1.82) is 0 Å². The van der Waals surface area contributed by atoms with E-state index in [1.54, 1.807) is 19.1 Å². The molecule has 0 aromatic heterocycles. The average Bonchev–Trinajstić information content (AvgIpc) is 3.09. The first-order valence-electron chi connectivity index (χ1n) is 10.3. The maximum atomic E-state index is 13.0. The van der Waals surface area contributed by atoms with Crippen LogP contribution in [0.15, 0.2) is 89.5 Å². The van der Waals surface area contributed by atoms with Crippen LogP contribution in [0.1, 0.15) is 18.1 Å². The highest BCUT2D eigenvalue weighted by molar-refractivity contribution is 6.32. The van der Waals surface area contributed by atoms with Crippen molar-refractivity contribution in [2.24, 2.45) is 5.10 Å². The van der Waals surface area contributed by atoms with Crippen LogP contribution in [0.3, 0.4) is 0 Å². The Morgan fingerprint density at radius 3 is 2.41 bits per heavy atom. The van der Waals surface area contributed by atoms with E-state index < -0.39 is 0 Å². The summed E-state index contributed by atoms with van der Waals surface area (Å²) in [5.74, 6) is 0.0414. The zero-order valence-corrected chi connectivity index (χ0v) is 17.9. The van der Waals surface area contributed by atoms with E-state index in [-0.39, 0.29) is 18.4 Å². The van der Waals surface area contributed by atoms with Crippen molar-refractivity contribution in [2.45, 2.75) is 13.8 Å². The molecule has 1 N–H and O–H groups in total. The van der Waals surface area contributed by atoms with Gasteiger partial charge in [0.25, 0.3) is 11.8 Å². The molecule has 0 radical (unpaired) electrons. The van der Waals surface area contributed by atoms with Crippen molar-refractivity contribution in [3.05, 3.63) is 95.6 Å². The van der Waals surface area contributed by atoms with Gasteiger partial charge in [0, 0.05) is 11.3 Å². The number of amides is 2. The first-order valence-corrected chi connectivity index (χ1v) is 10.3. The number of nitrogens with one attached hydrogen (secondary N) is 1. The maximum absolute atomic E-state index is 13.0. The minimum absolute atomic E-state index is 0.148. The van der Waals surface area contributed by atoms with Crippen LogP contribution < -0.4 is 15.1 Å². The van der Waals surface area contributed by atoms with Gasteiger partial charge in [0.2, 0.25) is 0 Å². The van der Waals surface area contributed by atoms with E-state index in [0.29, 0.717) is 34.0 Å². The lowest BCUT2D eigenvalue weighted by Gasteiger charge is -2.12. The van der Waals surface area contributed by atoms with E-state index in [2.05, 4.69) is 10.4 Å². The highest BCUT2D eigenvalue weighted by atomic mass is 16.5. The molecule has 0 aliphatic carbocycles. The number of rotatable bonds is 6. The largest absolute Gasteiger partial charge is 0.483 e. The van der Waals surface area contributed by atoms with E-state index in [9.17, 15) is 9.59 Å². The van der Waals surface area contributed by atoms with Crippen molar-refractivity contribution < 1.29 is 14.3 Å². The van der Waals surface area contributed by atoms with Crippen molar-refractivity contribution in [3.63, 3.8) is 0 Å². The second kappa shape index (κ2) is 9.31. The van der Waals surface area contributed by atoms with Gasteiger partial charge in [-0.2, -0.15) is 10.1 Å². The molecule has 1 heterocycles. The molecule has 6 heteroatoms. The van der Waals surface area contributed by atoms with Crippen LogP contribution >= 0.6 is 0 Å². The number of para-hydroxylation sites is 2. The van der Waals surface area contributed by atoms with Crippen LogP contribution in [-0.4, -0.2) is 24.1 Å². The van der Waals surface area contributed by atoms with Gasteiger partial charge in [-0.3, -0.25) is 9.59 Å². The van der Waals surface area contributed by atoms with Crippen LogP contribution in [0, 0.1) is 6.92 Å². The fourth-order valence-corrected chi connectivity index (χ4v) is 3.29. The van der Waals surface area contributed by atoms with Gasteiger partial charge in [-0.25, -0.2) is 0 Å². The fraction of sp³-hybridized carbons (Fsp3) is 0.115. The second-order valence-electron chi connectivity index (χ2n) is 7.44. The van der Waals surface area contributed by atoms with Gasteiger partial charge in [0.1, 0.15) is 5.75 Å². The van der Waals surface area contributed by atoms with E-state index in [1.165, 1.54) is 5.01 Å².